The predicted molar refractivity (Wildman–Crippen MR) is 85.7 cm³/mol. The number of hydrogen-bond donors (Lipinski definition) is 1. The van der Waals surface area contributed by atoms with Crippen LogP contribution in [-0.2, 0) is 6.54 Å². The molecule has 0 bridgehead atoms. The van der Waals surface area contributed by atoms with Crippen LogP contribution in [0.2, 0.25) is 0 Å². The first-order valence-electron chi connectivity index (χ1n) is 7.01. The van der Waals surface area contributed by atoms with Crippen molar-refractivity contribution in [1.29, 1.82) is 0 Å². The number of nitrogens with zero attached hydrogens (tertiary/aromatic N) is 3. The normalized spacial score (nSPS) is 15.0. The summed E-state index contributed by atoms with van der Waals surface area (Å²) in [6.07, 6.45) is 3.70. The highest BCUT2D eigenvalue weighted by molar-refractivity contribution is 7.99. The number of benzene rings is 1. The molecule has 0 unspecified atom stereocenters. The molecule has 1 aliphatic rings. The number of anilines is 1. The van der Waals surface area contributed by atoms with E-state index in [0.717, 1.165) is 42.4 Å². The summed E-state index contributed by atoms with van der Waals surface area (Å²) in [5.41, 5.74) is 1.99. The lowest BCUT2D eigenvalue weighted by atomic mass is 10.2. The Morgan fingerprint density at radius 3 is 2.67 bits per heavy atom. The minimum Gasteiger partial charge on any atom is -0.323 e. The summed E-state index contributed by atoms with van der Waals surface area (Å²) in [5.74, 6) is 2.05. The number of nitrogens with one attached hydrogen (secondary N) is 1. The number of carbonyl (C=O) groups is 1. The van der Waals surface area contributed by atoms with Gasteiger partial charge in [-0.1, -0.05) is 12.1 Å². The van der Waals surface area contributed by atoms with Crippen LogP contribution in [0, 0.1) is 0 Å². The second kappa shape index (κ2) is 6.67. The van der Waals surface area contributed by atoms with Crippen molar-refractivity contribution >= 4 is 23.5 Å². The molecule has 110 valence electrons. The minimum absolute atomic E-state index is 0.00451. The zero-order chi connectivity index (χ0) is 14.5. The summed E-state index contributed by atoms with van der Waals surface area (Å²) in [7, 11) is 0. The number of urea groups is 1. The molecule has 6 heteroatoms. The lowest BCUT2D eigenvalue weighted by Gasteiger charge is -2.26. The monoisotopic (exact) mass is 302 g/mol. The number of aromatic nitrogens is 2. The van der Waals surface area contributed by atoms with E-state index in [1.807, 2.05) is 57.9 Å². The van der Waals surface area contributed by atoms with Crippen molar-refractivity contribution in [2.24, 2.45) is 0 Å². The van der Waals surface area contributed by atoms with Crippen LogP contribution < -0.4 is 5.32 Å². The van der Waals surface area contributed by atoms with Gasteiger partial charge in [-0.2, -0.15) is 16.9 Å². The van der Waals surface area contributed by atoms with Crippen molar-refractivity contribution < 1.29 is 4.79 Å². The average molecular weight is 302 g/mol. The van der Waals surface area contributed by atoms with E-state index in [1.54, 1.807) is 6.20 Å². The highest BCUT2D eigenvalue weighted by atomic mass is 32.2. The van der Waals surface area contributed by atoms with Crippen LogP contribution >= 0.6 is 11.8 Å². The molecule has 0 atom stereocenters. The average Bonchev–Trinajstić information content (AvgIpc) is 3.03. The number of rotatable bonds is 3. The lowest BCUT2D eigenvalue weighted by molar-refractivity contribution is 0.217. The fraction of sp³-hybridized carbons (Fsp3) is 0.333. The maximum absolute atomic E-state index is 12.1. The van der Waals surface area contributed by atoms with E-state index in [2.05, 4.69) is 10.4 Å². The van der Waals surface area contributed by atoms with E-state index in [0.29, 0.717) is 0 Å². The van der Waals surface area contributed by atoms with Crippen LogP contribution in [-0.4, -0.2) is 45.3 Å². The molecule has 2 heterocycles. The van der Waals surface area contributed by atoms with Crippen molar-refractivity contribution in [2.75, 3.05) is 29.9 Å². The van der Waals surface area contributed by atoms with Crippen molar-refractivity contribution in [3.63, 3.8) is 0 Å². The molecule has 1 aliphatic heterocycles. The summed E-state index contributed by atoms with van der Waals surface area (Å²) in [4.78, 5) is 14.0. The Morgan fingerprint density at radius 2 is 2.00 bits per heavy atom. The molecule has 0 spiro atoms. The molecule has 3 rings (SSSR count). The van der Waals surface area contributed by atoms with Gasteiger partial charge in [0.25, 0.3) is 0 Å². The first-order chi connectivity index (χ1) is 10.3. The first-order valence-corrected chi connectivity index (χ1v) is 8.17. The summed E-state index contributed by atoms with van der Waals surface area (Å²) < 4.78 is 1.87. The highest BCUT2D eigenvalue weighted by Crippen LogP contribution is 2.14. The molecule has 0 saturated carbocycles. The quantitative estimate of drug-likeness (QED) is 0.948. The van der Waals surface area contributed by atoms with Gasteiger partial charge in [-0.05, 0) is 23.8 Å². The van der Waals surface area contributed by atoms with Crippen LogP contribution in [0.4, 0.5) is 10.5 Å². The fourth-order valence-electron chi connectivity index (χ4n) is 2.24. The van der Waals surface area contributed by atoms with E-state index in [9.17, 15) is 4.79 Å². The van der Waals surface area contributed by atoms with E-state index < -0.39 is 0 Å². The molecule has 21 heavy (non-hydrogen) atoms. The molecule has 2 amide bonds. The summed E-state index contributed by atoms with van der Waals surface area (Å²) >= 11 is 1.90. The first kappa shape index (κ1) is 14.0. The minimum atomic E-state index is -0.00451. The fourth-order valence-corrected chi connectivity index (χ4v) is 3.15. The van der Waals surface area contributed by atoms with Gasteiger partial charge in [-0.3, -0.25) is 4.68 Å². The predicted octanol–water partition coefficient (Wildman–Crippen LogP) is 2.51. The Kier molecular flexibility index (Phi) is 4.45. The molecular weight excluding hydrogens is 284 g/mol. The van der Waals surface area contributed by atoms with Gasteiger partial charge in [0.1, 0.15) is 0 Å². The maximum atomic E-state index is 12.1. The second-order valence-electron chi connectivity index (χ2n) is 4.93. The molecule has 5 nitrogen and oxygen atoms in total. The summed E-state index contributed by atoms with van der Waals surface area (Å²) in [5, 5.41) is 7.13. The van der Waals surface area contributed by atoms with E-state index in [1.165, 1.54) is 0 Å². The molecule has 1 aromatic heterocycles. The Labute approximate surface area is 128 Å². The van der Waals surface area contributed by atoms with Gasteiger partial charge in [0.2, 0.25) is 0 Å². The van der Waals surface area contributed by atoms with Crippen LogP contribution in [0.15, 0.2) is 42.7 Å². The third-order valence-corrected chi connectivity index (χ3v) is 4.35. The maximum Gasteiger partial charge on any atom is 0.321 e. The van der Waals surface area contributed by atoms with E-state index in [4.69, 9.17) is 0 Å². The Balaban J connectivity index is 1.57. The van der Waals surface area contributed by atoms with Crippen LogP contribution in [0.5, 0.6) is 0 Å². The van der Waals surface area contributed by atoms with Gasteiger partial charge in [-0.25, -0.2) is 4.79 Å². The topological polar surface area (TPSA) is 50.2 Å². The third kappa shape index (κ3) is 3.78. The van der Waals surface area contributed by atoms with Gasteiger partial charge in [-0.15, -0.1) is 0 Å². The van der Waals surface area contributed by atoms with Crippen molar-refractivity contribution in [3.8, 4) is 0 Å². The third-order valence-electron chi connectivity index (χ3n) is 3.41. The number of thioether (sulfide) groups is 1. The van der Waals surface area contributed by atoms with Gasteiger partial charge >= 0.3 is 6.03 Å². The number of amides is 2. The Morgan fingerprint density at radius 1 is 1.24 bits per heavy atom. The molecule has 1 N–H and O–H groups in total. The van der Waals surface area contributed by atoms with Gasteiger partial charge < -0.3 is 10.2 Å². The lowest BCUT2D eigenvalue weighted by Crippen LogP contribution is -2.40. The Bertz CT molecular complexity index is 576. The highest BCUT2D eigenvalue weighted by Gasteiger charge is 2.16. The zero-order valence-corrected chi connectivity index (χ0v) is 12.6. The number of hydrogen-bond acceptors (Lipinski definition) is 3. The van der Waals surface area contributed by atoms with Gasteiger partial charge in [0, 0.05) is 42.7 Å². The van der Waals surface area contributed by atoms with Crippen LogP contribution in [0.25, 0.3) is 0 Å². The summed E-state index contributed by atoms with van der Waals surface area (Å²) in [6.45, 7) is 2.40. The largest absolute Gasteiger partial charge is 0.323 e. The molecule has 0 aliphatic carbocycles. The SMILES string of the molecule is O=C(Nc1ccc(Cn2cccn2)cc1)N1CCSCC1. The standard InChI is InChI=1S/C15H18N4OS/c20-15(18-8-10-21-11-9-18)17-14-4-2-13(3-5-14)12-19-7-1-6-16-19/h1-7H,8-12H2,(H,17,20). The van der Waals surface area contributed by atoms with E-state index in [-0.39, 0.29) is 6.03 Å². The molecule has 1 saturated heterocycles. The Hall–Kier alpha value is -1.95. The molecule has 1 fully saturated rings. The van der Waals surface area contributed by atoms with Crippen molar-refractivity contribution in [1.82, 2.24) is 14.7 Å². The molecular formula is C15H18N4OS. The van der Waals surface area contributed by atoms with E-state index >= 15 is 0 Å². The molecule has 1 aromatic carbocycles. The van der Waals surface area contributed by atoms with Crippen LogP contribution in [0.1, 0.15) is 5.56 Å². The molecule has 0 radical (unpaired) electrons. The smallest absolute Gasteiger partial charge is 0.321 e. The van der Waals surface area contributed by atoms with Crippen LogP contribution in [0.3, 0.4) is 0 Å². The van der Waals surface area contributed by atoms with Crippen molar-refractivity contribution in [2.45, 2.75) is 6.54 Å². The van der Waals surface area contributed by atoms with Gasteiger partial charge in [0.15, 0.2) is 0 Å². The molecule has 2 aromatic rings. The van der Waals surface area contributed by atoms with Gasteiger partial charge in [0.05, 0.1) is 6.54 Å². The van der Waals surface area contributed by atoms with Crippen molar-refractivity contribution in [3.05, 3.63) is 48.3 Å². The second-order valence-corrected chi connectivity index (χ2v) is 6.15. The summed E-state index contributed by atoms with van der Waals surface area (Å²) in [6, 6.07) is 9.82. The number of carbonyl (C=O) groups excluding carboxylic acids is 1. The zero-order valence-electron chi connectivity index (χ0n) is 11.7.